The lowest BCUT2D eigenvalue weighted by Crippen LogP contribution is -2.53. The summed E-state index contributed by atoms with van der Waals surface area (Å²) in [6, 6.07) is 20.9. The Morgan fingerprint density at radius 2 is 1.61 bits per heavy atom. The molecule has 0 bridgehead atoms. The molecular formula is C31H36ClN3O5S. The van der Waals surface area contributed by atoms with E-state index in [1.54, 1.807) is 60.7 Å². The van der Waals surface area contributed by atoms with Gasteiger partial charge >= 0.3 is 0 Å². The van der Waals surface area contributed by atoms with E-state index in [1.807, 2.05) is 13.0 Å². The summed E-state index contributed by atoms with van der Waals surface area (Å²) in [5.41, 5.74) is 0.997. The van der Waals surface area contributed by atoms with Gasteiger partial charge in [0.25, 0.3) is 10.0 Å². The molecule has 0 aromatic heterocycles. The fourth-order valence-corrected chi connectivity index (χ4v) is 6.70. The first-order valence-corrected chi connectivity index (χ1v) is 15.6. The zero-order valence-electron chi connectivity index (χ0n) is 23.3. The first-order valence-electron chi connectivity index (χ1n) is 13.8. The van der Waals surface area contributed by atoms with Gasteiger partial charge in [-0.2, -0.15) is 0 Å². The average Bonchev–Trinajstić information content (AvgIpc) is 3.50. The van der Waals surface area contributed by atoms with Gasteiger partial charge in [-0.05, 0) is 67.3 Å². The molecule has 1 fully saturated rings. The molecule has 0 aliphatic heterocycles. The fraction of sp³-hybridized carbons (Fsp3) is 0.355. The smallest absolute Gasteiger partial charge is 0.264 e. The number of hydrogen-bond donors (Lipinski definition) is 1. The van der Waals surface area contributed by atoms with Crippen LogP contribution in [0.5, 0.6) is 5.75 Å². The van der Waals surface area contributed by atoms with Crippen molar-refractivity contribution < 1.29 is 22.7 Å². The van der Waals surface area contributed by atoms with Crippen LogP contribution in [0.1, 0.15) is 44.6 Å². The SMILES string of the molecule is CC[C@H](C(=O)NC1CCCC1)N(Cc1ccccc1Cl)C(=O)CN(c1ccccc1)S(=O)(=O)c1ccc(OC)cc1. The lowest BCUT2D eigenvalue weighted by molar-refractivity contribution is -0.140. The molecule has 218 valence electrons. The van der Waals surface area contributed by atoms with Gasteiger partial charge in [0, 0.05) is 17.6 Å². The second-order valence-corrected chi connectivity index (χ2v) is 12.3. The highest BCUT2D eigenvalue weighted by atomic mass is 35.5. The molecule has 0 saturated heterocycles. The molecule has 10 heteroatoms. The van der Waals surface area contributed by atoms with E-state index in [4.69, 9.17) is 16.3 Å². The monoisotopic (exact) mass is 597 g/mol. The van der Waals surface area contributed by atoms with E-state index < -0.39 is 28.5 Å². The number of nitrogens with zero attached hydrogens (tertiary/aromatic N) is 2. The van der Waals surface area contributed by atoms with Crippen LogP contribution < -0.4 is 14.4 Å². The number of anilines is 1. The molecule has 3 aromatic carbocycles. The van der Waals surface area contributed by atoms with Crippen LogP contribution in [-0.4, -0.2) is 50.9 Å². The molecular weight excluding hydrogens is 562 g/mol. The van der Waals surface area contributed by atoms with Crippen LogP contribution in [-0.2, 0) is 26.2 Å². The Hall–Kier alpha value is -3.56. The Morgan fingerprint density at radius 3 is 2.22 bits per heavy atom. The highest BCUT2D eigenvalue weighted by Crippen LogP contribution is 2.27. The molecule has 1 atom stereocenters. The minimum Gasteiger partial charge on any atom is -0.497 e. The Kier molecular flexibility index (Phi) is 10.3. The Morgan fingerprint density at radius 1 is 0.976 bits per heavy atom. The Labute approximate surface area is 247 Å². The normalized spacial score (nSPS) is 14.3. The van der Waals surface area contributed by atoms with Crippen LogP contribution in [0.15, 0.2) is 83.8 Å². The van der Waals surface area contributed by atoms with Crippen molar-refractivity contribution in [1.82, 2.24) is 10.2 Å². The topological polar surface area (TPSA) is 96.0 Å². The molecule has 41 heavy (non-hydrogen) atoms. The number of hydrogen-bond acceptors (Lipinski definition) is 5. The number of benzene rings is 3. The molecule has 0 heterocycles. The number of carbonyl (C=O) groups excluding carboxylic acids is 2. The van der Waals surface area contributed by atoms with Gasteiger partial charge in [-0.1, -0.05) is 67.8 Å². The number of nitrogens with one attached hydrogen (secondary N) is 1. The lowest BCUT2D eigenvalue weighted by Gasteiger charge is -2.34. The highest BCUT2D eigenvalue weighted by Gasteiger charge is 2.34. The zero-order chi connectivity index (χ0) is 29.4. The molecule has 1 aliphatic rings. The van der Waals surface area contributed by atoms with Gasteiger partial charge < -0.3 is 15.0 Å². The van der Waals surface area contributed by atoms with E-state index >= 15 is 0 Å². The molecule has 0 unspecified atom stereocenters. The second-order valence-electron chi connectivity index (χ2n) is 10.0. The predicted molar refractivity (Wildman–Crippen MR) is 160 cm³/mol. The number of ether oxygens (including phenoxy) is 1. The van der Waals surface area contributed by atoms with Gasteiger partial charge in [0.2, 0.25) is 11.8 Å². The van der Waals surface area contributed by atoms with E-state index in [2.05, 4.69) is 5.32 Å². The summed E-state index contributed by atoms with van der Waals surface area (Å²) in [5, 5.41) is 3.57. The van der Waals surface area contributed by atoms with Crippen molar-refractivity contribution in [3.63, 3.8) is 0 Å². The molecule has 1 saturated carbocycles. The van der Waals surface area contributed by atoms with Crippen molar-refractivity contribution in [2.75, 3.05) is 18.0 Å². The van der Waals surface area contributed by atoms with Crippen LogP contribution in [0.3, 0.4) is 0 Å². The van der Waals surface area contributed by atoms with Crippen molar-refractivity contribution >= 4 is 39.1 Å². The fourth-order valence-electron chi connectivity index (χ4n) is 5.10. The van der Waals surface area contributed by atoms with Crippen molar-refractivity contribution in [3.8, 4) is 5.75 Å². The summed E-state index contributed by atoms with van der Waals surface area (Å²) in [6.45, 7) is 1.39. The summed E-state index contributed by atoms with van der Waals surface area (Å²) in [6.07, 6.45) is 4.27. The third kappa shape index (κ3) is 7.40. The van der Waals surface area contributed by atoms with E-state index in [9.17, 15) is 18.0 Å². The second kappa shape index (κ2) is 13.9. The van der Waals surface area contributed by atoms with Crippen molar-refractivity contribution in [1.29, 1.82) is 0 Å². The quantitative estimate of drug-likeness (QED) is 0.301. The van der Waals surface area contributed by atoms with Crippen LogP contribution in [0.2, 0.25) is 5.02 Å². The van der Waals surface area contributed by atoms with Crippen molar-refractivity contribution in [2.45, 2.75) is 62.6 Å². The third-order valence-corrected chi connectivity index (χ3v) is 9.51. The van der Waals surface area contributed by atoms with Crippen molar-refractivity contribution in [3.05, 3.63) is 89.4 Å². The minimum atomic E-state index is -4.16. The van der Waals surface area contributed by atoms with Gasteiger partial charge in [0.15, 0.2) is 0 Å². The first kappa shape index (κ1) is 30.4. The van der Waals surface area contributed by atoms with Gasteiger partial charge in [0.05, 0.1) is 17.7 Å². The molecule has 3 aromatic rings. The third-order valence-electron chi connectivity index (χ3n) is 7.36. The maximum absolute atomic E-state index is 14.1. The van der Waals surface area contributed by atoms with Gasteiger partial charge in [-0.3, -0.25) is 13.9 Å². The standard InChI is InChI=1S/C31H36ClN3O5S/c1-3-29(31(37)33-24-12-8-9-13-24)34(21-23-11-7-10-16-28(23)32)30(36)22-35(25-14-5-4-6-15-25)41(38,39)27-19-17-26(40-2)18-20-27/h4-7,10-11,14-20,24,29H,3,8-9,12-13,21-22H2,1-2H3,(H,33,37)/t29-/m1/s1. The summed E-state index contributed by atoms with van der Waals surface area (Å²) in [5.74, 6) is -0.250. The molecule has 1 N–H and O–H groups in total. The average molecular weight is 598 g/mol. The maximum Gasteiger partial charge on any atom is 0.264 e. The van der Waals surface area contributed by atoms with Crippen LogP contribution >= 0.6 is 11.6 Å². The minimum absolute atomic E-state index is 0.0126. The predicted octanol–water partition coefficient (Wildman–Crippen LogP) is 5.41. The van der Waals surface area contributed by atoms with Crippen molar-refractivity contribution in [2.24, 2.45) is 0 Å². The number of rotatable bonds is 12. The van der Waals surface area contributed by atoms with E-state index in [0.717, 1.165) is 30.0 Å². The molecule has 4 rings (SSSR count). The number of para-hydroxylation sites is 1. The summed E-state index contributed by atoms with van der Waals surface area (Å²) in [7, 11) is -2.66. The Balaban J connectivity index is 1.70. The number of methoxy groups -OCH3 is 1. The van der Waals surface area contributed by atoms with Gasteiger partial charge in [-0.15, -0.1) is 0 Å². The van der Waals surface area contributed by atoms with Crippen LogP contribution in [0.4, 0.5) is 5.69 Å². The zero-order valence-corrected chi connectivity index (χ0v) is 24.9. The molecule has 2 amide bonds. The number of carbonyl (C=O) groups is 2. The molecule has 0 radical (unpaired) electrons. The number of sulfonamides is 1. The van der Waals surface area contributed by atoms with E-state index in [0.29, 0.717) is 28.4 Å². The first-order chi connectivity index (χ1) is 19.7. The molecule has 8 nitrogen and oxygen atoms in total. The van der Waals surface area contributed by atoms with Crippen LogP contribution in [0, 0.1) is 0 Å². The molecule has 1 aliphatic carbocycles. The summed E-state index contributed by atoms with van der Waals surface area (Å²) >= 11 is 6.46. The molecule has 0 spiro atoms. The van der Waals surface area contributed by atoms with E-state index in [1.165, 1.54) is 24.1 Å². The number of amides is 2. The van der Waals surface area contributed by atoms with Gasteiger partial charge in [0.1, 0.15) is 18.3 Å². The number of halogens is 1. The van der Waals surface area contributed by atoms with Crippen LogP contribution in [0.25, 0.3) is 0 Å². The largest absolute Gasteiger partial charge is 0.497 e. The van der Waals surface area contributed by atoms with Gasteiger partial charge in [-0.25, -0.2) is 8.42 Å². The Bertz CT molecular complexity index is 1430. The maximum atomic E-state index is 14.1. The lowest BCUT2D eigenvalue weighted by atomic mass is 10.1. The van der Waals surface area contributed by atoms with E-state index in [-0.39, 0.29) is 23.4 Å². The summed E-state index contributed by atoms with van der Waals surface area (Å²) < 4.78 is 34.1. The summed E-state index contributed by atoms with van der Waals surface area (Å²) in [4.78, 5) is 29.1. The highest BCUT2D eigenvalue weighted by molar-refractivity contribution is 7.92.